The van der Waals surface area contributed by atoms with E-state index in [1.807, 2.05) is 0 Å². The van der Waals surface area contributed by atoms with Gasteiger partial charge in [0.1, 0.15) is 16.5 Å². The maximum Gasteiger partial charge on any atom is 0.325 e. The quantitative estimate of drug-likeness (QED) is 0.794. The smallest absolute Gasteiger partial charge is 0.325 e. The summed E-state index contributed by atoms with van der Waals surface area (Å²) in [7, 11) is -4.08. The average Bonchev–Trinajstić information content (AvgIpc) is 2.58. The molecule has 0 unspecified atom stereocenters. The van der Waals surface area contributed by atoms with Gasteiger partial charge in [-0.3, -0.25) is 14.6 Å². The summed E-state index contributed by atoms with van der Waals surface area (Å²) in [6.07, 6.45) is 0.226. The molecule has 2 fully saturated rings. The average molecular weight is 388 g/mol. The molecule has 1 N–H and O–H groups in total. The van der Waals surface area contributed by atoms with E-state index >= 15 is 0 Å². The minimum Gasteiger partial charge on any atom is -0.337 e. The lowest BCUT2D eigenvalue weighted by molar-refractivity contribution is -0.131. The number of nitrogens with one attached hydrogen (secondary N) is 1. The van der Waals surface area contributed by atoms with E-state index < -0.39 is 32.6 Å². The molecule has 3 rings (SSSR count). The lowest BCUT2D eigenvalue weighted by Crippen LogP contribution is -2.57. The molecule has 142 valence electrons. The molecular formula is C15H18F2N4O4S. The number of sulfonamides is 1. The van der Waals surface area contributed by atoms with E-state index in [4.69, 9.17) is 0 Å². The van der Waals surface area contributed by atoms with Crippen LogP contribution in [-0.4, -0.2) is 73.9 Å². The second-order valence-electron chi connectivity index (χ2n) is 6.04. The highest BCUT2D eigenvalue weighted by atomic mass is 32.2. The molecule has 2 heterocycles. The van der Waals surface area contributed by atoms with Crippen LogP contribution >= 0.6 is 0 Å². The van der Waals surface area contributed by atoms with Crippen molar-refractivity contribution in [3.63, 3.8) is 0 Å². The van der Waals surface area contributed by atoms with Gasteiger partial charge in [-0.05, 0) is 12.1 Å². The Kier molecular flexibility index (Phi) is 5.21. The molecule has 0 saturated carbocycles. The number of halogens is 2. The van der Waals surface area contributed by atoms with Gasteiger partial charge in [-0.2, -0.15) is 4.31 Å². The fourth-order valence-corrected chi connectivity index (χ4v) is 4.37. The molecule has 8 nitrogen and oxygen atoms in total. The Hall–Kier alpha value is -2.11. The summed E-state index contributed by atoms with van der Waals surface area (Å²) in [6.45, 7) is 1.08. The second-order valence-corrected chi connectivity index (χ2v) is 7.95. The highest BCUT2D eigenvalue weighted by molar-refractivity contribution is 7.89. The van der Waals surface area contributed by atoms with Crippen molar-refractivity contribution in [1.82, 2.24) is 19.4 Å². The molecule has 2 aliphatic rings. The summed E-state index contributed by atoms with van der Waals surface area (Å²) >= 11 is 0. The predicted octanol–water partition coefficient (Wildman–Crippen LogP) is 0.171. The Balaban J connectivity index is 1.64. The molecule has 1 aromatic rings. The number of urea groups is 1. The van der Waals surface area contributed by atoms with E-state index in [1.165, 1.54) is 0 Å². The van der Waals surface area contributed by atoms with Crippen molar-refractivity contribution in [3.8, 4) is 0 Å². The number of benzene rings is 1. The van der Waals surface area contributed by atoms with Gasteiger partial charge in [0, 0.05) is 45.2 Å². The topological polar surface area (TPSA) is 90.0 Å². The molecule has 3 amide bonds. The van der Waals surface area contributed by atoms with Gasteiger partial charge in [0.05, 0.1) is 6.67 Å². The van der Waals surface area contributed by atoms with Crippen LogP contribution in [0.1, 0.15) is 6.42 Å². The number of carbonyl (C=O) groups excluding carboxylic acids is 2. The van der Waals surface area contributed by atoms with Gasteiger partial charge in [-0.15, -0.1) is 0 Å². The zero-order valence-corrected chi connectivity index (χ0v) is 14.6. The van der Waals surface area contributed by atoms with Crippen molar-refractivity contribution in [2.75, 3.05) is 39.4 Å². The van der Waals surface area contributed by atoms with Crippen LogP contribution in [0.25, 0.3) is 0 Å². The monoisotopic (exact) mass is 388 g/mol. The minimum absolute atomic E-state index is 0.0722. The number of hydrogen-bond donors (Lipinski definition) is 1. The van der Waals surface area contributed by atoms with Gasteiger partial charge >= 0.3 is 6.03 Å². The molecule has 0 radical (unpaired) electrons. The minimum atomic E-state index is -4.08. The molecule has 2 saturated heterocycles. The molecule has 0 bridgehead atoms. The normalized spacial score (nSPS) is 20.3. The van der Waals surface area contributed by atoms with E-state index in [1.54, 1.807) is 4.90 Å². The SMILES string of the molecule is O=C1CCNC(=O)N1CN1CCN(S(=O)(=O)c2ccc(F)cc2F)CC1. The number of carbonyl (C=O) groups is 2. The number of imide groups is 1. The van der Waals surface area contributed by atoms with Gasteiger partial charge in [0.15, 0.2) is 0 Å². The van der Waals surface area contributed by atoms with Crippen molar-refractivity contribution in [2.45, 2.75) is 11.3 Å². The number of hydrogen-bond acceptors (Lipinski definition) is 5. The van der Waals surface area contributed by atoms with Crippen molar-refractivity contribution < 1.29 is 26.8 Å². The van der Waals surface area contributed by atoms with Crippen LogP contribution in [0.5, 0.6) is 0 Å². The van der Waals surface area contributed by atoms with Crippen LogP contribution in [0.15, 0.2) is 23.1 Å². The number of piperazine rings is 1. The molecular weight excluding hydrogens is 370 g/mol. The zero-order valence-electron chi connectivity index (χ0n) is 13.8. The van der Waals surface area contributed by atoms with Gasteiger partial charge in [0.2, 0.25) is 15.9 Å². The predicted molar refractivity (Wildman–Crippen MR) is 86.4 cm³/mol. The van der Waals surface area contributed by atoms with Gasteiger partial charge in [0.25, 0.3) is 0 Å². The third kappa shape index (κ3) is 3.69. The van der Waals surface area contributed by atoms with Crippen LogP contribution in [-0.2, 0) is 14.8 Å². The van der Waals surface area contributed by atoms with Gasteiger partial charge in [-0.25, -0.2) is 22.0 Å². The maximum atomic E-state index is 13.8. The van der Waals surface area contributed by atoms with Crippen molar-refractivity contribution in [2.24, 2.45) is 0 Å². The molecule has 1 aromatic carbocycles. The summed E-state index contributed by atoms with van der Waals surface area (Å²) < 4.78 is 53.0. The Bertz CT molecular complexity index is 809. The zero-order chi connectivity index (χ0) is 18.9. The molecule has 0 atom stereocenters. The van der Waals surface area contributed by atoms with Crippen LogP contribution < -0.4 is 5.32 Å². The van der Waals surface area contributed by atoms with Gasteiger partial charge in [-0.1, -0.05) is 0 Å². The summed E-state index contributed by atoms with van der Waals surface area (Å²) in [5.74, 6) is -2.27. The van der Waals surface area contributed by atoms with E-state index in [0.717, 1.165) is 21.3 Å². The van der Waals surface area contributed by atoms with Crippen LogP contribution in [0.4, 0.5) is 13.6 Å². The van der Waals surface area contributed by atoms with E-state index in [2.05, 4.69) is 5.32 Å². The first kappa shape index (κ1) is 18.7. The molecule has 2 aliphatic heterocycles. The van der Waals surface area contributed by atoms with Crippen LogP contribution in [0.3, 0.4) is 0 Å². The number of amides is 3. The Labute approximate surface area is 149 Å². The van der Waals surface area contributed by atoms with E-state index in [-0.39, 0.29) is 45.2 Å². The van der Waals surface area contributed by atoms with E-state index in [0.29, 0.717) is 12.6 Å². The summed E-state index contributed by atoms with van der Waals surface area (Å²) in [5.41, 5.74) is 0. The molecule has 11 heteroatoms. The van der Waals surface area contributed by atoms with Crippen molar-refractivity contribution in [3.05, 3.63) is 29.8 Å². The highest BCUT2D eigenvalue weighted by Gasteiger charge is 2.33. The van der Waals surface area contributed by atoms with Crippen LogP contribution in [0.2, 0.25) is 0 Å². The molecule has 26 heavy (non-hydrogen) atoms. The fraction of sp³-hybridized carbons (Fsp3) is 0.467. The molecule has 0 aliphatic carbocycles. The Morgan fingerprint density at radius 3 is 2.38 bits per heavy atom. The van der Waals surface area contributed by atoms with Crippen molar-refractivity contribution in [1.29, 1.82) is 0 Å². The second kappa shape index (κ2) is 7.25. The first-order chi connectivity index (χ1) is 12.3. The lowest BCUT2D eigenvalue weighted by atomic mass is 10.3. The standard InChI is InChI=1S/C15H18F2N4O4S/c16-11-1-2-13(12(17)9-11)26(24,25)20-7-5-19(6-8-20)10-21-14(22)3-4-18-15(21)23/h1-2,9H,3-8,10H2,(H,18,23). The highest BCUT2D eigenvalue weighted by Crippen LogP contribution is 2.21. The van der Waals surface area contributed by atoms with Crippen LogP contribution in [0, 0.1) is 11.6 Å². The first-order valence-electron chi connectivity index (χ1n) is 8.05. The molecule has 0 aromatic heterocycles. The number of rotatable bonds is 4. The Morgan fingerprint density at radius 2 is 1.77 bits per heavy atom. The van der Waals surface area contributed by atoms with Gasteiger partial charge < -0.3 is 5.32 Å². The maximum absolute atomic E-state index is 13.8. The largest absolute Gasteiger partial charge is 0.337 e. The lowest BCUT2D eigenvalue weighted by Gasteiger charge is -2.37. The summed E-state index contributed by atoms with van der Waals surface area (Å²) in [5, 5.41) is 2.58. The number of nitrogens with zero attached hydrogens (tertiary/aromatic N) is 3. The fourth-order valence-electron chi connectivity index (χ4n) is 2.90. The van der Waals surface area contributed by atoms with E-state index in [9.17, 15) is 26.8 Å². The molecule has 0 spiro atoms. The summed E-state index contributed by atoms with van der Waals surface area (Å²) in [4.78, 5) is 25.8. The first-order valence-corrected chi connectivity index (χ1v) is 9.49. The Morgan fingerprint density at radius 1 is 1.08 bits per heavy atom. The van der Waals surface area contributed by atoms with Crippen molar-refractivity contribution >= 4 is 22.0 Å². The summed E-state index contributed by atoms with van der Waals surface area (Å²) in [6, 6.07) is 1.87. The third-order valence-corrected chi connectivity index (χ3v) is 6.28. The third-order valence-electron chi connectivity index (χ3n) is 4.35.